The van der Waals surface area contributed by atoms with Gasteiger partial charge in [0, 0.05) is 41.5 Å². The number of hydrogen-bond donors (Lipinski definition) is 1. The Morgan fingerprint density at radius 1 is 0.971 bits per heavy atom. The van der Waals surface area contributed by atoms with Gasteiger partial charge in [-0.2, -0.15) is 0 Å². The predicted molar refractivity (Wildman–Crippen MR) is 130 cm³/mol. The van der Waals surface area contributed by atoms with Crippen LogP contribution in [0.5, 0.6) is 5.75 Å². The van der Waals surface area contributed by atoms with Crippen molar-refractivity contribution in [3.8, 4) is 28.3 Å². The molecule has 6 rings (SSSR count). The molecule has 0 amide bonds. The molecule has 0 aliphatic carbocycles. The molecule has 0 saturated heterocycles. The van der Waals surface area contributed by atoms with Gasteiger partial charge >= 0.3 is 0 Å². The normalized spacial score (nSPS) is 13.1. The third kappa shape index (κ3) is 3.91. The summed E-state index contributed by atoms with van der Waals surface area (Å²) in [6.07, 6.45) is 4.30. The van der Waals surface area contributed by atoms with Gasteiger partial charge in [0.1, 0.15) is 29.6 Å². The van der Waals surface area contributed by atoms with Crippen molar-refractivity contribution >= 4 is 21.4 Å². The topological polar surface area (TPSA) is 72.8 Å². The van der Waals surface area contributed by atoms with E-state index in [1.54, 1.807) is 35.9 Å². The first kappa shape index (κ1) is 20.8. The first-order chi connectivity index (χ1) is 16.8. The Hall–Kier alpha value is -3.75. The standard InChI is InChI=1S/C26H20FN5OS/c27-19-4-5-20(22(13-19)33-15-23-29-8-1-9-30-23)25-26-21(7-11-34-26)24(31-32-25)17-2-3-18-14-28-10-6-16(18)12-17/h1-5,7-9,11-13,28H,6,10,14-15H2. The van der Waals surface area contributed by atoms with Crippen molar-refractivity contribution in [2.24, 2.45) is 0 Å². The van der Waals surface area contributed by atoms with E-state index >= 15 is 0 Å². The lowest BCUT2D eigenvalue weighted by molar-refractivity contribution is 0.295. The number of rotatable bonds is 5. The maximum atomic E-state index is 14.1. The average molecular weight is 470 g/mol. The summed E-state index contributed by atoms with van der Waals surface area (Å²) in [5.74, 6) is 0.511. The van der Waals surface area contributed by atoms with Gasteiger partial charge in [-0.05, 0) is 59.8 Å². The molecule has 34 heavy (non-hydrogen) atoms. The van der Waals surface area contributed by atoms with Gasteiger partial charge in [-0.3, -0.25) is 0 Å². The lowest BCUT2D eigenvalue weighted by Crippen LogP contribution is -2.23. The minimum Gasteiger partial charge on any atom is -0.485 e. The van der Waals surface area contributed by atoms with E-state index in [9.17, 15) is 4.39 Å². The number of fused-ring (bicyclic) bond motifs is 2. The molecule has 6 nitrogen and oxygen atoms in total. The highest BCUT2D eigenvalue weighted by Crippen LogP contribution is 2.39. The summed E-state index contributed by atoms with van der Waals surface area (Å²) in [7, 11) is 0. The van der Waals surface area contributed by atoms with Crippen LogP contribution < -0.4 is 10.1 Å². The van der Waals surface area contributed by atoms with E-state index in [-0.39, 0.29) is 12.4 Å². The first-order valence-electron chi connectivity index (χ1n) is 11.0. The molecule has 8 heteroatoms. The van der Waals surface area contributed by atoms with Crippen LogP contribution in [0.15, 0.2) is 66.3 Å². The quantitative estimate of drug-likeness (QED) is 0.382. The smallest absolute Gasteiger partial charge is 0.166 e. The Labute approximate surface area is 199 Å². The highest BCUT2D eigenvalue weighted by molar-refractivity contribution is 7.17. The number of nitrogens with one attached hydrogen (secondary N) is 1. The lowest BCUT2D eigenvalue weighted by Gasteiger charge is -2.18. The van der Waals surface area contributed by atoms with Crippen LogP contribution in [-0.4, -0.2) is 26.7 Å². The third-order valence-electron chi connectivity index (χ3n) is 5.93. The fourth-order valence-corrected chi connectivity index (χ4v) is 5.14. The van der Waals surface area contributed by atoms with Gasteiger partial charge in [0.15, 0.2) is 5.82 Å². The van der Waals surface area contributed by atoms with E-state index in [4.69, 9.17) is 4.74 Å². The summed E-state index contributed by atoms with van der Waals surface area (Å²) in [4.78, 5) is 8.35. The zero-order valence-electron chi connectivity index (χ0n) is 18.2. The second-order valence-corrected chi connectivity index (χ2v) is 8.98. The Balaban J connectivity index is 1.41. The molecule has 1 N–H and O–H groups in total. The molecule has 0 saturated carbocycles. The molecule has 1 aliphatic heterocycles. The second-order valence-electron chi connectivity index (χ2n) is 8.07. The van der Waals surface area contributed by atoms with Crippen molar-refractivity contribution in [2.45, 2.75) is 19.6 Å². The number of benzene rings is 2. The Morgan fingerprint density at radius 2 is 1.85 bits per heavy atom. The second kappa shape index (κ2) is 8.89. The monoisotopic (exact) mass is 469 g/mol. The SMILES string of the molecule is Fc1ccc(-c2nnc(-c3ccc4c(c3)CCNC4)c3ccsc23)c(OCc2ncccn2)c1. The Morgan fingerprint density at radius 3 is 2.76 bits per heavy atom. The van der Waals surface area contributed by atoms with Gasteiger partial charge in [-0.25, -0.2) is 14.4 Å². The number of halogens is 1. The average Bonchev–Trinajstić information content (AvgIpc) is 3.38. The van der Waals surface area contributed by atoms with Gasteiger partial charge in [-0.15, -0.1) is 21.5 Å². The highest BCUT2D eigenvalue weighted by atomic mass is 32.1. The largest absolute Gasteiger partial charge is 0.485 e. The molecule has 4 heterocycles. The molecule has 0 unspecified atom stereocenters. The van der Waals surface area contributed by atoms with Crippen molar-refractivity contribution in [3.63, 3.8) is 0 Å². The number of aromatic nitrogens is 4. The summed E-state index contributed by atoms with van der Waals surface area (Å²) in [6, 6.07) is 14.8. The summed E-state index contributed by atoms with van der Waals surface area (Å²) < 4.78 is 21.0. The molecule has 0 fully saturated rings. The van der Waals surface area contributed by atoms with Crippen molar-refractivity contribution in [1.82, 2.24) is 25.5 Å². The Bertz CT molecular complexity index is 1490. The number of hydrogen-bond acceptors (Lipinski definition) is 7. The number of thiophene rings is 1. The van der Waals surface area contributed by atoms with Crippen LogP contribution in [0.4, 0.5) is 4.39 Å². The first-order valence-corrected chi connectivity index (χ1v) is 11.9. The van der Waals surface area contributed by atoms with Crippen LogP contribution in [-0.2, 0) is 19.6 Å². The molecule has 0 radical (unpaired) electrons. The highest BCUT2D eigenvalue weighted by Gasteiger charge is 2.19. The van der Waals surface area contributed by atoms with Crippen LogP contribution in [0.1, 0.15) is 17.0 Å². The van der Waals surface area contributed by atoms with E-state index in [1.807, 2.05) is 5.38 Å². The molecule has 0 atom stereocenters. The van der Waals surface area contributed by atoms with Gasteiger partial charge < -0.3 is 10.1 Å². The van der Waals surface area contributed by atoms with E-state index in [0.717, 1.165) is 40.9 Å². The third-order valence-corrected chi connectivity index (χ3v) is 6.85. The maximum Gasteiger partial charge on any atom is 0.166 e. The molecular formula is C26H20FN5OS. The van der Waals surface area contributed by atoms with E-state index < -0.39 is 0 Å². The maximum absolute atomic E-state index is 14.1. The minimum atomic E-state index is -0.386. The van der Waals surface area contributed by atoms with Crippen LogP contribution in [0, 0.1) is 5.82 Å². The van der Waals surface area contributed by atoms with Crippen LogP contribution in [0.3, 0.4) is 0 Å². The van der Waals surface area contributed by atoms with Crippen molar-refractivity contribution in [3.05, 3.63) is 89.1 Å². The summed E-state index contributed by atoms with van der Waals surface area (Å²) >= 11 is 1.59. The zero-order chi connectivity index (χ0) is 22.9. The van der Waals surface area contributed by atoms with Crippen LogP contribution in [0.2, 0.25) is 0 Å². The fraction of sp³-hybridized carbons (Fsp3) is 0.154. The van der Waals surface area contributed by atoms with Crippen molar-refractivity contribution in [1.29, 1.82) is 0 Å². The molecular weight excluding hydrogens is 449 g/mol. The van der Waals surface area contributed by atoms with Crippen LogP contribution >= 0.6 is 11.3 Å². The van der Waals surface area contributed by atoms with E-state index in [2.05, 4.69) is 49.7 Å². The summed E-state index contributed by atoms with van der Waals surface area (Å²) in [5.41, 5.74) is 5.93. The van der Waals surface area contributed by atoms with Gasteiger partial charge in [0.05, 0.1) is 4.70 Å². The molecule has 0 bridgehead atoms. The van der Waals surface area contributed by atoms with Crippen molar-refractivity contribution in [2.75, 3.05) is 6.54 Å². The van der Waals surface area contributed by atoms with E-state index in [1.165, 1.54) is 23.3 Å². The molecule has 1 aliphatic rings. The number of ether oxygens (including phenoxy) is 1. The molecule has 5 aromatic rings. The van der Waals surface area contributed by atoms with Crippen LogP contribution in [0.25, 0.3) is 32.6 Å². The molecule has 168 valence electrons. The van der Waals surface area contributed by atoms with Gasteiger partial charge in [0.2, 0.25) is 0 Å². The Kier molecular flexibility index (Phi) is 5.44. The number of nitrogens with zero attached hydrogens (tertiary/aromatic N) is 4. The zero-order valence-corrected chi connectivity index (χ0v) is 19.0. The fourth-order valence-electron chi connectivity index (χ4n) is 4.25. The lowest BCUT2D eigenvalue weighted by atomic mass is 9.96. The summed E-state index contributed by atoms with van der Waals surface area (Å²) in [6.45, 7) is 2.01. The summed E-state index contributed by atoms with van der Waals surface area (Å²) in [5, 5.41) is 15.7. The molecule has 0 spiro atoms. The van der Waals surface area contributed by atoms with Gasteiger partial charge in [-0.1, -0.05) is 12.1 Å². The van der Waals surface area contributed by atoms with Gasteiger partial charge in [0.25, 0.3) is 0 Å². The predicted octanol–water partition coefficient (Wildman–Crippen LogP) is 5.18. The molecule has 2 aromatic carbocycles. The van der Waals surface area contributed by atoms with E-state index in [0.29, 0.717) is 22.8 Å². The van der Waals surface area contributed by atoms with Crippen molar-refractivity contribution < 1.29 is 9.13 Å². The molecule has 3 aromatic heterocycles. The minimum absolute atomic E-state index is 0.125.